The van der Waals surface area contributed by atoms with Crippen LogP contribution in [0, 0.1) is 23.0 Å². The number of hydrogen-bond donors (Lipinski definition) is 2. The van der Waals surface area contributed by atoms with Crippen LogP contribution in [-0.4, -0.2) is 90.4 Å². The summed E-state index contributed by atoms with van der Waals surface area (Å²) in [6.07, 6.45) is 0.982. The monoisotopic (exact) mass is 763 g/mol. The van der Waals surface area contributed by atoms with Crippen LogP contribution in [0.5, 0.6) is 6.01 Å². The molecule has 4 aromatic rings. The second-order valence-electron chi connectivity index (χ2n) is 13.2. The predicted molar refractivity (Wildman–Crippen MR) is 189 cm³/mol. The number of likely N-dealkylation sites (tertiary alicyclic amines) is 1. The molecule has 1 amide bonds. The number of anilines is 2. The van der Waals surface area contributed by atoms with Crippen molar-refractivity contribution in [3.05, 3.63) is 41.0 Å². The average molecular weight is 764 g/mol. The summed E-state index contributed by atoms with van der Waals surface area (Å²) in [7, 11) is 1.23. The van der Waals surface area contributed by atoms with Gasteiger partial charge in [-0.1, -0.05) is 6.07 Å². The first-order valence-electron chi connectivity index (χ1n) is 17.4. The molecule has 0 bridgehead atoms. The van der Waals surface area contributed by atoms with Crippen LogP contribution >= 0.6 is 11.3 Å². The topological polar surface area (TPSA) is 130 Å². The van der Waals surface area contributed by atoms with Crippen molar-refractivity contribution in [2.45, 2.75) is 69.9 Å². The SMILES string of the molecule is CCNc1nc(OC)nc2c(F)c(-c3ccc(F)c4sc(N)c(C#N)c34)c(C(F)(F)F)cc12.FC1CC2CCCN2C1.O=C(C1CCO1)N1CCCC1. The number of amides is 1. The number of nitrogens with one attached hydrogen (secondary N) is 1. The molecule has 4 saturated heterocycles. The third-order valence-electron chi connectivity index (χ3n) is 9.79. The first-order chi connectivity index (χ1) is 25.4. The number of benzene rings is 2. The molecule has 2 aromatic heterocycles. The minimum atomic E-state index is -5.00. The zero-order valence-corrected chi connectivity index (χ0v) is 30.0. The van der Waals surface area contributed by atoms with Gasteiger partial charge in [0.25, 0.3) is 5.91 Å². The van der Waals surface area contributed by atoms with Crippen molar-refractivity contribution in [3.8, 4) is 23.2 Å². The van der Waals surface area contributed by atoms with E-state index in [1.54, 1.807) is 13.0 Å². The minimum Gasteiger partial charge on any atom is -0.467 e. The van der Waals surface area contributed by atoms with Gasteiger partial charge in [0.1, 0.15) is 40.5 Å². The van der Waals surface area contributed by atoms with Gasteiger partial charge in [0.2, 0.25) is 0 Å². The number of fused-ring (bicyclic) bond motifs is 3. The molecule has 6 heterocycles. The summed E-state index contributed by atoms with van der Waals surface area (Å²) in [5.74, 6) is -1.94. The van der Waals surface area contributed by atoms with Crippen molar-refractivity contribution < 1.29 is 40.6 Å². The number of alkyl halides is 4. The number of aromatic nitrogens is 2. The fourth-order valence-corrected chi connectivity index (χ4v) is 8.14. The molecule has 53 heavy (non-hydrogen) atoms. The van der Waals surface area contributed by atoms with E-state index < -0.39 is 40.6 Å². The lowest BCUT2D eigenvalue weighted by atomic mass is 9.92. The molecule has 4 aliphatic rings. The lowest BCUT2D eigenvalue weighted by Gasteiger charge is -2.29. The summed E-state index contributed by atoms with van der Waals surface area (Å²) in [6.45, 7) is 6.49. The third-order valence-corrected chi connectivity index (χ3v) is 10.8. The Labute approximate surface area is 305 Å². The van der Waals surface area contributed by atoms with Crippen LogP contribution in [0.25, 0.3) is 32.1 Å². The second-order valence-corrected chi connectivity index (χ2v) is 14.2. The van der Waals surface area contributed by atoms with Crippen LogP contribution in [0.3, 0.4) is 0 Å². The highest BCUT2D eigenvalue weighted by Gasteiger charge is 2.38. The Hall–Kier alpha value is -4.40. The Balaban J connectivity index is 0.000000192. The van der Waals surface area contributed by atoms with Crippen LogP contribution in [0.2, 0.25) is 0 Å². The van der Waals surface area contributed by atoms with Gasteiger partial charge in [-0.25, -0.2) is 13.2 Å². The Bertz CT molecular complexity index is 2020. The van der Waals surface area contributed by atoms with Crippen molar-refractivity contribution >= 4 is 49.1 Å². The summed E-state index contributed by atoms with van der Waals surface area (Å²) in [4.78, 5) is 23.5. The molecule has 17 heteroatoms. The fraction of sp³-hybridized carbons (Fsp3) is 0.500. The molecule has 8 rings (SSSR count). The van der Waals surface area contributed by atoms with Crippen molar-refractivity contribution in [1.29, 1.82) is 5.26 Å². The van der Waals surface area contributed by atoms with Gasteiger partial charge in [0, 0.05) is 55.0 Å². The van der Waals surface area contributed by atoms with Crippen LogP contribution < -0.4 is 15.8 Å². The maximum Gasteiger partial charge on any atom is 0.417 e. The largest absolute Gasteiger partial charge is 0.467 e. The summed E-state index contributed by atoms with van der Waals surface area (Å²) in [6, 6.07) is 4.75. The van der Waals surface area contributed by atoms with Crippen molar-refractivity contribution in [2.75, 3.05) is 57.5 Å². The molecule has 4 fully saturated rings. The van der Waals surface area contributed by atoms with Gasteiger partial charge in [0.05, 0.1) is 29.5 Å². The molecule has 0 spiro atoms. The van der Waals surface area contributed by atoms with Gasteiger partial charge in [-0.15, -0.1) is 11.3 Å². The summed E-state index contributed by atoms with van der Waals surface area (Å²) < 4.78 is 95.3. The number of rotatable bonds is 5. The van der Waals surface area contributed by atoms with Gasteiger partial charge < -0.3 is 25.4 Å². The van der Waals surface area contributed by atoms with Crippen molar-refractivity contribution in [3.63, 3.8) is 0 Å². The Morgan fingerprint density at radius 3 is 2.51 bits per heavy atom. The lowest BCUT2D eigenvalue weighted by molar-refractivity contribution is -0.155. The minimum absolute atomic E-state index is 0.0444. The van der Waals surface area contributed by atoms with E-state index in [1.807, 2.05) is 4.90 Å². The van der Waals surface area contributed by atoms with Crippen LogP contribution in [0.15, 0.2) is 18.2 Å². The number of ether oxygens (including phenoxy) is 2. The van der Waals surface area contributed by atoms with E-state index in [4.69, 9.17) is 15.2 Å². The van der Waals surface area contributed by atoms with Gasteiger partial charge in [0.15, 0.2) is 5.82 Å². The van der Waals surface area contributed by atoms with Gasteiger partial charge >= 0.3 is 12.2 Å². The van der Waals surface area contributed by atoms with E-state index in [9.17, 15) is 32.0 Å². The predicted octanol–water partition coefficient (Wildman–Crippen LogP) is 7.29. The summed E-state index contributed by atoms with van der Waals surface area (Å²) in [5.41, 5.74) is 2.59. The smallest absolute Gasteiger partial charge is 0.417 e. The normalized spacial score (nSPS) is 21.0. The third kappa shape index (κ3) is 7.81. The zero-order valence-electron chi connectivity index (χ0n) is 29.2. The maximum absolute atomic E-state index is 15.9. The second kappa shape index (κ2) is 15.9. The fourth-order valence-electron chi connectivity index (χ4n) is 7.19. The van der Waals surface area contributed by atoms with Crippen LogP contribution in [-0.2, 0) is 15.7 Å². The molecule has 0 radical (unpaired) electrons. The van der Waals surface area contributed by atoms with Gasteiger partial charge in [-0.2, -0.15) is 28.4 Å². The van der Waals surface area contributed by atoms with E-state index in [2.05, 4.69) is 20.2 Å². The number of carbonyl (C=O) groups is 1. The molecule has 284 valence electrons. The van der Waals surface area contributed by atoms with E-state index in [0.29, 0.717) is 23.9 Å². The van der Waals surface area contributed by atoms with Crippen LogP contribution in [0.4, 0.5) is 37.2 Å². The molecule has 10 nitrogen and oxygen atoms in total. The molecule has 3 atom stereocenters. The van der Waals surface area contributed by atoms with E-state index in [0.717, 1.165) is 57.3 Å². The molecular formula is C36H39F6N7O3S. The molecule has 4 aliphatic heterocycles. The van der Waals surface area contributed by atoms with Crippen molar-refractivity contribution in [2.24, 2.45) is 0 Å². The van der Waals surface area contributed by atoms with Gasteiger partial charge in [-0.3, -0.25) is 9.69 Å². The zero-order chi connectivity index (χ0) is 38.0. The lowest BCUT2D eigenvalue weighted by Crippen LogP contribution is -2.44. The molecular weight excluding hydrogens is 724 g/mol. The highest BCUT2D eigenvalue weighted by atomic mass is 32.1. The first-order valence-corrected chi connectivity index (χ1v) is 18.3. The van der Waals surface area contributed by atoms with Crippen LogP contribution in [0.1, 0.15) is 56.6 Å². The van der Waals surface area contributed by atoms with E-state index >= 15 is 4.39 Å². The number of halogens is 6. The number of nitrogen functional groups attached to an aromatic ring is 1. The van der Waals surface area contributed by atoms with Crippen molar-refractivity contribution in [1.82, 2.24) is 19.8 Å². The number of thiophene rings is 1. The van der Waals surface area contributed by atoms with E-state index in [1.165, 1.54) is 32.8 Å². The Morgan fingerprint density at radius 2 is 1.91 bits per heavy atom. The number of nitrogens with zero attached hydrogens (tertiary/aromatic N) is 5. The standard InChI is InChI=1S/C21H14F5N5OS.C8H13NO2.C7H12FN/c1-3-29-19-9-6-11(21(24,25)26)14(15(23)16(9)30-20(31-19)32-2)8-4-5-12(22)17-13(8)10(7-27)18(28)33-17;10-8(7-3-6-11-7)9-4-1-2-5-9;8-6-4-7-2-1-3-9(7)5-6/h4-6H,3,28H2,1-2H3,(H,29,30,31);7H,1-6H2;6-7H,1-5H2. The average Bonchev–Trinajstić information content (AvgIpc) is 3.90. The molecule has 0 aliphatic carbocycles. The Morgan fingerprint density at radius 1 is 1.17 bits per heavy atom. The molecule has 0 saturated carbocycles. The number of carbonyl (C=O) groups excluding carboxylic acids is 1. The summed E-state index contributed by atoms with van der Waals surface area (Å²) in [5, 5.41) is 11.8. The number of methoxy groups -OCH3 is 1. The Kier molecular flexibility index (Phi) is 11.5. The molecule has 3 unspecified atom stereocenters. The first kappa shape index (κ1) is 38.3. The quantitative estimate of drug-likeness (QED) is 0.201. The molecule has 3 N–H and O–H groups in total. The maximum atomic E-state index is 15.9. The van der Waals surface area contributed by atoms with Gasteiger partial charge in [-0.05, 0) is 63.3 Å². The molecule has 2 aromatic carbocycles. The number of nitriles is 1. The highest BCUT2D eigenvalue weighted by molar-refractivity contribution is 7.23. The van der Waals surface area contributed by atoms with E-state index in [-0.39, 0.29) is 62.0 Å². The summed E-state index contributed by atoms with van der Waals surface area (Å²) >= 11 is 0.698. The highest BCUT2D eigenvalue weighted by Crippen LogP contribution is 2.47. The number of hydrogen-bond acceptors (Lipinski definition) is 10. The number of nitrogens with two attached hydrogens (primary N) is 1.